The fourth-order valence-electron chi connectivity index (χ4n) is 2.85. The molecular formula is C33H55NO5. The van der Waals surface area contributed by atoms with Gasteiger partial charge in [-0.15, -0.1) is 0 Å². The molecule has 0 aromatic carbocycles. The molecule has 0 heterocycles. The van der Waals surface area contributed by atoms with Gasteiger partial charge in [0.1, 0.15) is 6.10 Å². The molecule has 0 rings (SSSR count). The van der Waals surface area contributed by atoms with Crippen molar-refractivity contribution in [2.24, 2.45) is 5.41 Å². The standard InChI is InChI=1S/C20H30.C13H25NO5/c1-3-5-7-9-11-13-15-17-19-20-18-16-14-12-10-8-6-4-2;1-4-6-10(16)19-8-5-7-14-12(18)11(17)13(2,3)9-15/h3,5-6,8-9,11-12,14-15,17-18,20H,4,7,10,13,16,19H2,1-2H3;11,15,17H,4-9H2,1-3H3,(H,14,18)/b5-3-,8-6-,11-9-,14-12-,17-15-,20-18-;. The zero-order valence-corrected chi connectivity index (χ0v) is 25.1. The summed E-state index contributed by atoms with van der Waals surface area (Å²) in [5.41, 5.74) is -0.877. The van der Waals surface area contributed by atoms with Gasteiger partial charge >= 0.3 is 5.97 Å². The first-order chi connectivity index (χ1) is 18.8. The summed E-state index contributed by atoms with van der Waals surface area (Å²) in [5, 5.41) is 21.3. The monoisotopic (exact) mass is 545 g/mol. The average molecular weight is 546 g/mol. The van der Waals surface area contributed by atoms with Crippen LogP contribution in [0.2, 0.25) is 0 Å². The van der Waals surface area contributed by atoms with Crippen molar-refractivity contribution in [3.05, 3.63) is 72.9 Å². The van der Waals surface area contributed by atoms with Crippen LogP contribution in [0.15, 0.2) is 72.9 Å². The van der Waals surface area contributed by atoms with Gasteiger partial charge in [-0.2, -0.15) is 0 Å². The zero-order valence-electron chi connectivity index (χ0n) is 25.1. The van der Waals surface area contributed by atoms with Crippen LogP contribution >= 0.6 is 0 Å². The molecule has 0 saturated carbocycles. The van der Waals surface area contributed by atoms with Crippen LogP contribution in [-0.4, -0.2) is 48.0 Å². The van der Waals surface area contributed by atoms with Gasteiger partial charge in [-0.25, -0.2) is 0 Å². The second-order valence-electron chi connectivity index (χ2n) is 9.68. The summed E-state index contributed by atoms with van der Waals surface area (Å²) in [5.74, 6) is -0.769. The molecule has 0 aromatic rings. The third kappa shape index (κ3) is 26.7. The molecule has 1 atom stereocenters. The number of ether oxygens (including phenoxy) is 1. The van der Waals surface area contributed by atoms with Gasteiger partial charge < -0.3 is 20.3 Å². The Morgan fingerprint density at radius 1 is 0.821 bits per heavy atom. The molecule has 6 heteroatoms. The van der Waals surface area contributed by atoms with Crippen LogP contribution in [0.25, 0.3) is 0 Å². The predicted molar refractivity (Wildman–Crippen MR) is 164 cm³/mol. The summed E-state index contributed by atoms with van der Waals surface area (Å²) in [7, 11) is 0. The number of aliphatic hydroxyl groups excluding tert-OH is 2. The molecule has 222 valence electrons. The number of nitrogens with one attached hydrogen (secondary N) is 1. The number of esters is 1. The molecule has 0 fully saturated rings. The van der Waals surface area contributed by atoms with E-state index in [-0.39, 0.29) is 19.2 Å². The fraction of sp³-hybridized carbons (Fsp3) is 0.576. The van der Waals surface area contributed by atoms with E-state index in [0.717, 1.165) is 44.9 Å². The largest absolute Gasteiger partial charge is 0.466 e. The van der Waals surface area contributed by atoms with Gasteiger partial charge in [-0.05, 0) is 58.3 Å². The lowest BCUT2D eigenvalue weighted by molar-refractivity contribution is -0.143. The van der Waals surface area contributed by atoms with Crippen LogP contribution in [0, 0.1) is 5.41 Å². The Bertz CT molecular complexity index is 775. The van der Waals surface area contributed by atoms with Crippen LogP contribution < -0.4 is 5.32 Å². The number of carbonyl (C=O) groups is 2. The highest BCUT2D eigenvalue weighted by Gasteiger charge is 2.32. The van der Waals surface area contributed by atoms with E-state index >= 15 is 0 Å². The molecule has 3 N–H and O–H groups in total. The molecule has 1 unspecified atom stereocenters. The minimum absolute atomic E-state index is 0.240. The Hall–Kier alpha value is -2.70. The summed E-state index contributed by atoms with van der Waals surface area (Å²) in [6, 6.07) is 0. The Morgan fingerprint density at radius 2 is 1.28 bits per heavy atom. The topological polar surface area (TPSA) is 95.9 Å². The van der Waals surface area contributed by atoms with E-state index in [9.17, 15) is 14.7 Å². The molecule has 0 saturated heterocycles. The zero-order chi connectivity index (χ0) is 29.6. The summed E-state index contributed by atoms with van der Waals surface area (Å²) >= 11 is 0. The van der Waals surface area contributed by atoms with Crippen molar-refractivity contribution in [3.63, 3.8) is 0 Å². The maximum Gasteiger partial charge on any atom is 0.305 e. The molecule has 0 aliphatic carbocycles. The Labute approximate surface area is 238 Å². The van der Waals surface area contributed by atoms with Crippen molar-refractivity contribution in [2.45, 2.75) is 98.5 Å². The van der Waals surface area contributed by atoms with E-state index < -0.39 is 17.4 Å². The molecule has 0 aliphatic heterocycles. The minimum Gasteiger partial charge on any atom is -0.466 e. The second kappa shape index (κ2) is 28.3. The van der Waals surface area contributed by atoms with E-state index in [1.54, 1.807) is 13.8 Å². The predicted octanol–water partition coefficient (Wildman–Crippen LogP) is 6.92. The SMILES string of the molecule is C/C=C\C/C=C\C/C=C\C/C=C\C/C=C\C/C=C\CC.CCCC(=O)OCCCNC(=O)C(O)C(C)(C)CO. The molecule has 1 amide bonds. The molecule has 0 spiro atoms. The van der Waals surface area contributed by atoms with Crippen molar-refractivity contribution < 1.29 is 24.5 Å². The third-order valence-corrected chi connectivity index (χ3v) is 5.40. The summed E-state index contributed by atoms with van der Waals surface area (Å²) < 4.78 is 4.92. The molecule has 0 aliphatic rings. The van der Waals surface area contributed by atoms with Gasteiger partial charge in [-0.3, -0.25) is 9.59 Å². The van der Waals surface area contributed by atoms with Crippen molar-refractivity contribution in [1.29, 1.82) is 0 Å². The van der Waals surface area contributed by atoms with Crippen LogP contribution in [0.3, 0.4) is 0 Å². The maximum absolute atomic E-state index is 11.6. The quantitative estimate of drug-likeness (QED) is 0.0877. The Morgan fingerprint density at radius 3 is 1.69 bits per heavy atom. The van der Waals surface area contributed by atoms with Crippen LogP contribution in [0.5, 0.6) is 0 Å². The maximum atomic E-state index is 11.6. The van der Waals surface area contributed by atoms with Gasteiger partial charge in [0.2, 0.25) is 5.91 Å². The first kappa shape index (κ1) is 38.4. The van der Waals surface area contributed by atoms with Crippen molar-refractivity contribution in [3.8, 4) is 0 Å². The van der Waals surface area contributed by atoms with Gasteiger partial charge in [0.25, 0.3) is 0 Å². The highest BCUT2D eigenvalue weighted by atomic mass is 16.5. The number of rotatable bonds is 20. The van der Waals surface area contributed by atoms with E-state index in [1.807, 2.05) is 6.92 Å². The van der Waals surface area contributed by atoms with E-state index in [4.69, 9.17) is 9.84 Å². The molecular weight excluding hydrogens is 490 g/mol. The molecule has 39 heavy (non-hydrogen) atoms. The third-order valence-electron chi connectivity index (χ3n) is 5.40. The molecule has 0 bridgehead atoms. The molecule has 6 nitrogen and oxygen atoms in total. The number of hydrogen-bond acceptors (Lipinski definition) is 5. The van der Waals surface area contributed by atoms with Gasteiger partial charge in [0.05, 0.1) is 13.2 Å². The summed E-state index contributed by atoms with van der Waals surface area (Å²) in [6.45, 7) is 9.59. The van der Waals surface area contributed by atoms with E-state index in [1.165, 1.54) is 0 Å². The Kier molecular flexibility index (Phi) is 27.9. The van der Waals surface area contributed by atoms with Crippen molar-refractivity contribution >= 4 is 11.9 Å². The minimum atomic E-state index is -1.26. The number of amides is 1. The van der Waals surface area contributed by atoms with Crippen molar-refractivity contribution in [1.82, 2.24) is 5.32 Å². The van der Waals surface area contributed by atoms with Gasteiger partial charge in [0, 0.05) is 18.4 Å². The Balaban J connectivity index is 0. The lowest BCUT2D eigenvalue weighted by atomic mass is 9.87. The van der Waals surface area contributed by atoms with Crippen molar-refractivity contribution in [2.75, 3.05) is 19.8 Å². The highest BCUT2D eigenvalue weighted by molar-refractivity contribution is 5.81. The summed E-state index contributed by atoms with van der Waals surface area (Å²) in [4.78, 5) is 22.6. The number of aliphatic hydroxyl groups is 2. The normalized spacial score (nSPS) is 13.2. The molecule has 0 radical (unpaired) electrons. The summed E-state index contributed by atoms with van der Waals surface area (Å²) in [6.07, 6.45) is 33.2. The van der Waals surface area contributed by atoms with Crippen LogP contribution in [0.4, 0.5) is 0 Å². The lowest BCUT2D eigenvalue weighted by Gasteiger charge is -2.27. The highest BCUT2D eigenvalue weighted by Crippen LogP contribution is 2.19. The fourth-order valence-corrected chi connectivity index (χ4v) is 2.85. The molecule has 0 aromatic heterocycles. The smallest absolute Gasteiger partial charge is 0.305 e. The van der Waals surface area contributed by atoms with E-state index in [2.05, 4.69) is 92.1 Å². The first-order valence-corrected chi connectivity index (χ1v) is 14.3. The lowest BCUT2D eigenvalue weighted by Crippen LogP contribution is -2.45. The second-order valence-corrected chi connectivity index (χ2v) is 9.68. The number of allylic oxidation sites excluding steroid dienone is 12. The number of hydrogen-bond donors (Lipinski definition) is 3. The van der Waals surface area contributed by atoms with E-state index in [0.29, 0.717) is 19.4 Å². The average Bonchev–Trinajstić information content (AvgIpc) is 2.92. The van der Waals surface area contributed by atoms with Gasteiger partial charge in [-0.1, -0.05) is 101 Å². The van der Waals surface area contributed by atoms with Crippen LogP contribution in [0.1, 0.15) is 92.4 Å². The van der Waals surface area contributed by atoms with Gasteiger partial charge in [0.15, 0.2) is 0 Å². The number of carbonyl (C=O) groups excluding carboxylic acids is 2. The first-order valence-electron chi connectivity index (χ1n) is 14.3. The van der Waals surface area contributed by atoms with Crippen LogP contribution in [-0.2, 0) is 14.3 Å².